The van der Waals surface area contributed by atoms with E-state index in [0.717, 1.165) is 25.7 Å². The number of hydrogen-bond donors (Lipinski definition) is 2. The molecule has 7 heteroatoms. The molecule has 0 fully saturated rings. The van der Waals surface area contributed by atoms with Gasteiger partial charge in [-0.05, 0) is 12.8 Å². The van der Waals surface area contributed by atoms with Crippen LogP contribution in [-0.4, -0.2) is 46.9 Å². The van der Waals surface area contributed by atoms with Crippen LogP contribution < -0.4 is 0 Å². The van der Waals surface area contributed by atoms with E-state index in [1.54, 1.807) is 0 Å². The van der Waals surface area contributed by atoms with Crippen molar-refractivity contribution < 1.29 is 34.1 Å². The maximum Gasteiger partial charge on any atom is 0.336 e. The van der Waals surface area contributed by atoms with E-state index in [1.165, 1.54) is 0 Å². The number of carboxylic acid groups (broad SMARTS) is 1. The summed E-state index contributed by atoms with van der Waals surface area (Å²) in [6.45, 7) is 4.30. The monoisotopic (exact) mass is 332 g/mol. The van der Waals surface area contributed by atoms with Crippen LogP contribution >= 0.6 is 0 Å². The minimum Gasteiger partial charge on any atom is -0.479 e. The number of carboxylic acids is 1. The molecule has 7 nitrogen and oxygen atoms in total. The molecule has 0 aliphatic rings. The van der Waals surface area contributed by atoms with E-state index in [-0.39, 0.29) is 13.2 Å². The molecule has 0 bridgehead atoms. The molecule has 0 spiro atoms. The van der Waals surface area contributed by atoms with E-state index < -0.39 is 36.4 Å². The largest absolute Gasteiger partial charge is 0.479 e. The maximum atomic E-state index is 11.6. The van der Waals surface area contributed by atoms with Crippen molar-refractivity contribution in [2.24, 2.45) is 0 Å². The summed E-state index contributed by atoms with van der Waals surface area (Å²) in [5.74, 6) is -3.33. The number of hydrogen-bond acceptors (Lipinski definition) is 6. The van der Waals surface area contributed by atoms with Gasteiger partial charge < -0.3 is 19.7 Å². The Kier molecular flexibility index (Phi) is 11.0. The van der Waals surface area contributed by atoms with Gasteiger partial charge in [0, 0.05) is 0 Å². The highest BCUT2D eigenvalue weighted by atomic mass is 16.5. The fraction of sp³-hybridized carbons (Fsp3) is 0.812. The van der Waals surface area contributed by atoms with Crippen molar-refractivity contribution in [3.05, 3.63) is 0 Å². The third-order valence-electron chi connectivity index (χ3n) is 3.29. The van der Waals surface area contributed by atoms with Crippen molar-refractivity contribution >= 4 is 17.9 Å². The topological polar surface area (TPSA) is 110 Å². The first-order valence-corrected chi connectivity index (χ1v) is 8.12. The highest BCUT2D eigenvalue weighted by Gasteiger charge is 2.41. The molecule has 134 valence electrons. The lowest BCUT2D eigenvalue weighted by molar-refractivity contribution is -0.173. The number of unbranched alkanes of at least 4 members (excludes halogenated alkanes) is 4. The quantitative estimate of drug-likeness (QED) is 0.392. The lowest BCUT2D eigenvalue weighted by Gasteiger charge is -2.21. The number of aliphatic hydroxyl groups is 1. The molecule has 0 radical (unpaired) electrons. The van der Waals surface area contributed by atoms with Gasteiger partial charge in [0.1, 0.15) is 0 Å². The molecule has 1 unspecified atom stereocenters. The van der Waals surface area contributed by atoms with Crippen LogP contribution in [0.15, 0.2) is 0 Å². The molecule has 0 amide bonds. The molecule has 0 heterocycles. The van der Waals surface area contributed by atoms with Crippen LogP contribution in [0.4, 0.5) is 0 Å². The van der Waals surface area contributed by atoms with Crippen molar-refractivity contribution in [3.63, 3.8) is 0 Å². The SMILES string of the molecule is CCCCCCOC(=O)CC(O)(CC(=O)OCCCC)C(=O)O. The van der Waals surface area contributed by atoms with Crippen LogP contribution in [0.25, 0.3) is 0 Å². The van der Waals surface area contributed by atoms with Crippen molar-refractivity contribution in [3.8, 4) is 0 Å². The van der Waals surface area contributed by atoms with Crippen LogP contribution in [-0.2, 0) is 23.9 Å². The summed E-state index contributed by atoms with van der Waals surface area (Å²) >= 11 is 0. The highest BCUT2D eigenvalue weighted by molar-refractivity contribution is 5.88. The zero-order valence-electron chi connectivity index (χ0n) is 14.0. The number of carbonyl (C=O) groups is 3. The van der Waals surface area contributed by atoms with Gasteiger partial charge in [-0.3, -0.25) is 9.59 Å². The van der Waals surface area contributed by atoms with Crippen LogP contribution in [0.5, 0.6) is 0 Å². The molecule has 2 N–H and O–H groups in total. The molecule has 0 aromatic rings. The Hall–Kier alpha value is -1.63. The van der Waals surface area contributed by atoms with Crippen molar-refractivity contribution in [2.45, 2.75) is 70.8 Å². The summed E-state index contributed by atoms with van der Waals surface area (Å²) in [5.41, 5.74) is -2.50. The van der Waals surface area contributed by atoms with Gasteiger partial charge in [0.2, 0.25) is 0 Å². The van der Waals surface area contributed by atoms with Gasteiger partial charge in [-0.2, -0.15) is 0 Å². The average molecular weight is 332 g/mol. The van der Waals surface area contributed by atoms with Gasteiger partial charge in [0.15, 0.2) is 5.60 Å². The van der Waals surface area contributed by atoms with Crippen molar-refractivity contribution in [1.82, 2.24) is 0 Å². The first-order valence-electron chi connectivity index (χ1n) is 8.12. The number of carbonyl (C=O) groups excluding carboxylic acids is 2. The number of rotatable bonds is 13. The molecule has 0 saturated carbocycles. The summed E-state index contributed by atoms with van der Waals surface area (Å²) in [4.78, 5) is 34.4. The van der Waals surface area contributed by atoms with Gasteiger partial charge in [-0.1, -0.05) is 39.5 Å². The zero-order chi connectivity index (χ0) is 17.7. The Morgan fingerprint density at radius 1 is 0.826 bits per heavy atom. The summed E-state index contributed by atoms with van der Waals surface area (Å²) in [6.07, 6.45) is 3.59. The van der Waals surface area contributed by atoms with Gasteiger partial charge in [-0.25, -0.2) is 4.79 Å². The standard InChI is InChI=1S/C16H28O7/c1-3-5-7-8-10-23-14(18)12-16(21,15(19)20)11-13(17)22-9-6-4-2/h21H,3-12H2,1-2H3,(H,19,20). The van der Waals surface area contributed by atoms with E-state index in [1.807, 2.05) is 6.92 Å². The normalized spacial score (nSPS) is 13.2. The Bertz CT molecular complexity index is 381. The molecule has 0 aromatic heterocycles. The number of aliphatic carboxylic acids is 1. The third kappa shape index (κ3) is 9.89. The van der Waals surface area contributed by atoms with E-state index in [2.05, 4.69) is 6.92 Å². The predicted molar refractivity (Wildman–Crippen MR) is 82.8 cm³/mol. The predicted octanol–water partition coefficient (Wildman–Crippen LogP) is 2.05. The number of ether oxygens (including phenoxy) is 2. The Morgan fingerprint density at radius 2 is 1.30 bits per heavy atom. The molecule has 1 atom stereocenters. The zero-order valence-corrected chi connectivity index (χ0v) is 14.0. The molecular weight excluding hydrogens is 304 g/mol. The van der Waals surface area contributed by atoms with Crippen molar-refractivity contribution in [2.75, 3.05) is 13.2 Å². The van der Waals surface area contributed by atoms with Crippen LogP contribution in [0.3, 0.4) is 0 Å². The van der Waals surface area contributed by atoms with Gasteiger partial charge >= 0.3 is 17.9 Å². The minimum atomic E-state index is -2.50. The molecule has 0 aromatic carbocycles. The smallest absolute Gasteiger partial charge is 0.336 e. The summed E-state index contributed by atoms with van der Waals surface area (Å²) < 4.78 is 9.72. The highest BCUT2D eigenvalue weighted by Crippen LogP contribution is 2.18. The third-order valence-corrected chi connectivity index (χ3v) is 3.29. The Balaban J connectivity index is 4.33. The minimum absolute atomic E-state index is 0.160. The molecule has 0 rings (SSSR count). The lowest BCUT2D eigenvalue weighted by Crippen LogP contribution is -2.43. The molecular formula is C16H28O7. The van der Waals surface area contributed by atoms with E-state index in [4.69, 9.17) is 14.6 Å². The van der Waals surface area contributed by atoms with Gasteiger partial charge in [-0.15, -0.1) is 0 Å². The second kappa shape index (κ2) is 11.9. The molecule has 0 aliphatic heterocycles. The average Bonchev–Trinajstić information content (AvgIpc) is 2.46. The van der Waals surface area contributed by atoms with E-state index in [9.17, 15) is 19.5 Å². The molecule has 0 saturated heterocycles. The Morgan fingerprint density at radius 3 is 1.74 bits per heavy atom. The van der Waals surface area contributed by atoms with Crippen LogP contribution in [0.2, 0.25) is 0 Å². The summed E-state index contributed by atoms with van der Waals surface area (Å²) in [5, 5.41) is 19.1. The van der Waals surface area contributed by atoms with Gasteiger partial charge in [0.05, 0.1) is 26.1 Å². The van der Waals surface area contributed by atoms with Crippen molar-refractivity contribution in [1.29, 1.82) is 0 Å². The van der Waals surface area contributed by atoms with Gasteiger partial charge in [0.25, 0.3) is 0 Å². The second-order valence-electron chi connectivity index (χ2n) is 5.55. The number of esters is 2. The Labute approximate surface area is 137 Å². The fourth-order valence-electron chi connectivity index (χ4n) is 1.84. The maximum absolute atomic E-state index is 11.6. The summed E-state index contributed by atoms with van der Waals surface area (Å²) in [7, 11) is 0. The second-order valence-corrected chi connectivity index (χ2v) is 5.55. The van der Waals surface area contributed by atoms with Crippen LogP contribution in [0.1, 0.15) is 65.2 Å². The first-order chi connectivity index (χ1) is 10.9. The lowest BCUT2D eigenvalue weighted by atomic mass is 9.96. The van der Waals surface area contributed by atoms with E-state index >= 15 is 0 Å². The first kappa shape index (κ1) is 21.4. The summed E-state index contributed by atoms with van der Waals surface area (Å²) in [6, 6.07) is 0. The molecule has 0 aliphatic carbocycles. The van der Waals surface area contributed by atoms with Crippen LogP contribution in [0, 0.1) is 0 Å². The fourth-order valence-corrected chi connectivity index (χ4v) is 1.84. The van der Waals surface area contributed by atoms with E-state index in [0.29, 0.717) is 12.8 Å². The molecule has 23 heavy (non-hydrogen) atoms.